The third kappa shape index (κ3) is 2.88. The average Bonchev–Trinajstić information content (AvgIpc) is 2.45. The topological polar surface area (TPSA) is 66.5 Å². The molecule has 0 aliphatic rings. The second kappa shape index (κ2) is 6.04. The first kappa shape index (κ1) is 13.8. The van der Waals surface area contributed by atoms with Crippen LogP contribution >= 0.6 is 0 Å². The Morgan fingerprint density at radius 2 is 1.79 bits per heavy atom. The summed E-state index contributed by atoms with van der Waals surface area (Å²) < 4.78 is 0. The molecule has 0 spiro atoms. The lowest BCUT2D eigenvalue weighted by Crippen LogP contribution is -2.26. The molecule has 0 aliphatic heterocycles. The monoisotopic (exact) mass is 259 g/mol. The Balaban J connectivity index is 2.37. The van der Waals surface area contributed by atoms with E-state index >= 15 is 0 Å². The Kier molecular flexibility index (Phi) is 4.40. The zero-order valence-corrected chi connectivity index (χ0v) is 11.2. The van der Waals surface area contributed by atoms with Crippen LogP contribution in [0.1, 0.15) is 37.8 Å². The molecule has 0 bridgehead atoms. The minimum absolute atomic E-state index is 0.245. The van der Waals surface area contributed by atoms with Gasteiger partial charge < -0.3 is 15.9 Å². The van der Waals surface area contributed by atoms with Crippen molar-refractivity contribution in [3.05, 3.63) is 42.0 Å². The van der Waals surface area contributed by atoms with Gasteiger partial charge in [0, 0.05) is 5.39 Å². The molecule has 19 heavy (non-hydrogen) atoms. The second-order valence-corrected chi connectivity index (χ2v) is 4.95. The Morgan fingerprint density at radius 3 is 2.47 bits per heavy atom. The van der Waals surface area contributed by atoms with Crippen LogP contribution in [0.3, 0.4) is 0 Å². The lowest BCUT2D eigenvalue weighted by atomic mass is 9.93. The Labute approximate surface area is 113 Å². The van der Waals surface area contributed by atoms with Crippen LogP contribution in [-0.2, 0) is 0 Å². The van der Waals surface area contributed by atoms with Gasteiger partial charge in [0.1, 0.15) is 5.75 Å². The number of phenols is 1. The maximum atomic E-state index is 10.1. The molecule has 0 aromatic heterocycles. The van der Waals surface area contributed by atoms with Gasteiger partial charge in [-0.15, -0.1) is 0 Å². The first-order valence-electron chi connectivity index (χ1n) is 6.79. The van der Waals surface area contributed by atoms with Gasteiger partial charge in [-0.2, -0.15) is 0 Å². The molecule has 2 atom stereocenters. The van der Waals surface area contributed by atoms with Gasteiger partial charge in [-0.05, 0) is 23.4 Å². The SMILES string of the molecule is CCCC[C@@H](O)[C@@H](N)c1ccc(O)c2ccccc12. The van der Waals surface area contributed by atoms with Crippen LogP contribution in [-0.4, -0.2) is 16.3 Å². The molecular weight excluding hydrogens is 238 g/mol. The van der Waals surface area contributed by atoms with Gasteiger partial charge in [0.2, 0.25) is 0 Å². The van der Waals surface area contributed by atoms with E-state index < -0.39 is 12.1 Å². The van der Waals surface area contributed by atoms with Crippen molar-refractivity contribution >= 4 is 10.8 Å². The number of aliphatic hydroxyl groups is 1. The Hall–Kier alpha value is -1.58. The van der Waals surface area contributed by atoms with Gasteiger partial charge in [-0.1, -0.05) is 50.1 Å². The van der Waals surface area contributed by atoms with Gasteiger partial charge in [0.25, 0.3) is 0 Å². The van der Waals surface area contributed by atoms with Crippen molar-refractivity contribution in [3.8, 4) is 5.75 Å². The highest BCUT2D eigenvalue weighted by Gasteiger charge is 2.19. The fourth-order valence-electron chi connectivity index (χ4n) is 2.40. The molecule has 0 aliphatic carbocycles. The molecule has 2 aromatic carbocycles. The minimum Gasteiger partial charge on any atom is -0.507 e. The summed E-state index contributed by atoms with van der Waals surface area (Å²) >= 11 is 0. The van der Waals surface area contributed by atoms with E-state index in [9.17, 15) is 10.2 Å². The number of hydrogen-bond acceptors (Lipinski definition) is 3. The number of phenolic OH excluding ortho intramolecular Hbond substituents is 1. The van der Waals surface area contributed by atoms with Crippen LogP contribution in [0.5, 0.6) is 5.75 Å². The molecule has 3 nitrogen and oxygen atoms in total. The standard InChI is InChI=1S/C16H21NO2/c1-2-3-8-15(19)16(17)13-9-10-14(18)12-7-5-4-6-11(12)13/h4-7,9-10,15-16,18-19H,2-3,8,17H2,1H3/t15-,16+/m1/s1. The van der Waals surface area contributed by atoms with E-state index in [-0.39, 0.29) is 5.75 Å². The quantitative estimate of drug-likeness (QED) is 0.773. The summed E-state index contributed by atoms with van der Waals surface area (Å²) in [6.07, 6.45) is 2.16. The molecular formula is C16H21NO2. The smallest absolute Gasteiger partial charge is 0.123 e. The molecule has 0 radical (unpaired) electrons. The van der Waals surface area contributed by atoms with Crippen molar-refractivity contribution in [2.45, 2.75) is 38.3 Å². The van der Waals surface area contributed by atoms with Crippen molar-refractivity contribution in [1.29, 1.82) is 0 Å². The fraction of sp³-hybridized carbons (Fsp3) is 0.375. The summed E-state index contributed by atoms with van der Waals surface area (Å²) in [5.74, 6) is 0.245. The minimum atomic E-state index is -0.548. The third-order valence-corrected chi connectivity index (χ3v) is 3.56. The summed E-state index contributed by atoms with van der Waals surface area (Å²) in [7, 11) is 0. The van der Waals surface area contributed by atoms with Crippen LogP contribution in [0, 0.1) is 0 Å². The molecule has 0 saturated carbocycles. The average molecular weight is 259 g/mol. The van der Waals surface area contributed by atoms with Crippen molar-refractivity contribution in [1.82, 2.24) is 0 Å². The summed E-state index contributed by atoms with van der Waals surface area (Å²) in [5.41, 5.74) is 7.05. The van der Waals surface area contributed by atoms with E-state index in [4.69, 9.17) is 5.73 Å². The van der Waals surface area contributed by atoms with Gasteiger partial charge >= 0.3 is 0 Å². The van der Waals surface area contributed by atoms with Crippen molar-refractivity contribution in [2.75, 3.05) is 0 Å². The highest BCUT2D eigenvalue weighted by atomic mass is 16.3. The molecule has 0 saturated heterocycles. The zero-order chi connectivity index (χ0) is 13.8. The summed E-state index contributed by atoms with van der Waals surface area (Å²) in [5, 5.41) is 21.7. The largest absolute Gasteiger partial charge is 0.507 e. The fourth-order valence-corrected chi connectivity index (χ4v) is 2.40. The summed E-state index contributed by atoms with van der Waals surface area (Å²) in [6.45, 7) is 2.09. The molecule has 0 unspecified atom stereocenters. The van der Waals surface area contributed by atoms with Crippen LogP contribution < -0.4 is 5.73 Å². The summed E-state index contributed by atoms with van der Waals surface area (Å²) in [6, 6.07) is 10.6. The predicted molar refractivity (Wildman–Crippen MR) is 78.1 cm³/mol. The van der Waals surface area contributed by atoms with E-state index in [1.807, 2.05) is 24.3 Å². The highest BCUT2D eigenvalue weighted by Crippen LogP contribution is 2.31. The van der Waals surface area contributed by atoms with Crippen molar-refractivity contribution < 1.29 is 10.2 Å². The van der Waals surface area contributed by atoms with E-state index in [2.05, 4.69) is 6.92 Å². The first-order valence-corrected chi connectivity index (χ1v) is 6.79. The molecule has 0 heterocycles. The molecule has 102 valence electrons. The second-order valence-electron chi connectivity index (χ2n) is 4.95. The maximum Gasteiger partial charge on any atom is 0.123 e. The van der Waals surface area contributed by atoms with Crippen LogP contribution in [0.4, 0.5) is 0 Å². The van der Waals surface area contributed by atoms with Gasteiger partial charge in [0.05, 0.1) is 12.1 Å². The Bertz CT molecular complexity index is 553. The predicted octanol–water partition coefficient (Wildman–Crippen LogP) is 3.10. The zero-order valence-electron chi connectivity index (χ0n) is 11.2. The molecule has 3 heteroatoms. The van der Waals surface area contributed by atoms with E-state index in [1.54, 1.807) is 12.1 Å². The van der Waals surface area contributed by atoms with E-state index in [0.717, 1.165) is 29.2 Å². The van der Waals surface area contributed by atoms with Crippen molar-refractivity contribution in [3.63, 3.8) is 0 Å². The van der Waals surface area contributed by atoms with Crippen LogP contribution in [0.25, 0.3) is 10.8 Å². The molecule has 2 aromatic rings. The number of aliphatic hydroxyl groups excluding tert-OH is 1. The highest BCUT2D eigenvalue weighted by molar-refractivity contribution is 5.91. The van der Waals surface area contributed by atoms with Crippen LogP contribution in [0.2, 0.25) is 0 Å². The lowest BCUT2D eigenvalue weighted by Gasteiger charge is -2.21. The Morgan fingerprint density at radius 1 is 1.11 bits per heavy atom. The lowest BCUT2D eigenvalue weighted by molar-refractivity contribution is 0.133. The van der Waals surface area contributed by atoms with Crippen molar-refractivity contribution in [2.24, 2.45) is 5.73 Å². The van der Waals surface area contributed by atoms with E-state index in [0.29, 0.717) is 6.42 Å². The number of hydrogen-bond donors (Lipinski definition) is 3. The number of fused-ring (bicyclic) bond motifs is 1. The summed E-state index contributed by atoms with van der Waals surface area (Å²) in [4.78, 5) is 0. The van der Waals surface area contributed by atoms with Crippen LogP contribution in [0.15, 0.2) is 36.4 Å². The first-order chi connectivity index (χ1) is 9.15. The molecule has 0 fully saturated rings. The van der Waals surface area contributed by atoms with Gasteiger partial charge in [0.15, 0.2) is 0 Å². The third-order valence-electron chi connectivity index (χ3n) is 3.56. The van der Waals surface area contributed by atoms with E-state index in [1.165, 1.54) is 0 Å². The number of nitrogens with two attached hydrogens (primary N) is 1. The normalized spacial score (nSPS) is 14.5. The number of aromatic hydroxyl groups is 1. The maximum absolute atomic E-state index is 10.1. The van der Waals surface area contributed by atoms with Gasteiger partial charge in [-0.25, -0.2) is 0 Å². The molecule has 0 amide bonds. The number of unbranched alkanes of at least 4 members (excludes halogenated alkanes) is 1. The molecule has 2 rings (SSSR count). The molecule has 4 N–H and O–H groups in total. The number of rotatable bonds is 5. The number of benzene rings is 2. The van der Waals surface area contributed by atoms with Gasteiger partial charge in [-0.3, -0.25) is 0 Å².